The first-order chi connectivity index (χ1) is 8.99. The normalized spacial score (nSPS) is 12.3. The molecule has 0 fully saturated rings. The lowest BCUT2D eigenvalue weighted by Crippen LogP contribution is -2.38. The molecule has 0 aliphatic heterocycles. The predicted octanol–water partition coefficient (Wildman–Crippen LogP) is 2.63. The van der Waals surface area contributed by atoms with E-state index in [2.05, 4.69) is 21.2 Å². The van der Waals surface area contributed by atoms with E-state index >= 15 is 0 Å². The minimum atomic E-state index is -1.59. The Morgan fingerprint density at radius 2 is 1.95 bits per heavy atom. The van der Waals surface area contributed by atoms with Crippen LogP contribution in [0.15, 0.2) is 12.1 Å². The van der Waals surface area contributed by atoms with E-state index in [1.807, 2.05) is 0 Å². The maximum absolute atomic E-state index is 13.0. The summed E-state index contributed by atoms with van der Waals surface area (Å²) in [5, 5.41) is 3.19. The van der Waals surface area contributed by atoms with Crippen LogP contribution in [-0.2, 0) is 4.74 Å². The summed E-state index contributed by atoms with van der Waals surface area (Å²) in [6.07, 6.45) is 0.589. The molecular weight excluding hydrogens is 327 g/mol. The Bertz CT molecular complexity index is 428. The van der Waals surface area contributed by atoms with Gasteiger partial charge in [-0.25, -0.2) is 13.2 Å². The molecule has 19 heavy (non-hydrogen) atoms. The highest BCUT2D eigenvalue weighted by Crippen LogP contribution is 2.14. The Labute approximate surface area is 117 Å². The van der Waals surface area contributed by atoms with Gasteiger partial charge < -0.3 is 10.1 Å². The number of methoxy groups -OCH3 is 1. The van der Waals surface area contributed by atoms with Gasteiger partial charge >= 0.3 is 0 Å². The molecule has 1 N–H and O–H groups in total. The molecule has 3 nitrogen and oxygen atoms in total. The monoisotopic (exact) mass is 339 g/mol. The molecule has 1 aromatic carbocycles. The number of nitrogens with one attached hydrogen (secondary N) is 1. The summed E-state index contributed by atoms with van der Waals surface area (Å²) in [7, 11) is 1.48. The van der Waals surface area contributed by atoms with Gasteiger partial charge in [0.05, 0.1) is 12.6 Å². The maximum Gasteiger partial charge on any atom is 0.251 e. The van der Waals surface area contributed by atoms with E-state index in [-0.39, 0.29) is 18.2 Å². The average Bonchev–Trinajstić information content (AvgIpc) is 2.35. The Morgan fingerprint density at radius 1 is 1.37 bits per heavy atom. The third kappa shape index (κ3) is 4.50. The standard InChI is InChI=1S/C12H13BrF3NO2/c1-19-6-8(2-3-13)17-12(18)7-4-9(14)11(16)10(15)5-7/h4-5,8H,2-3,6H2,1H3,(H,17,18). The first-order valence-electron chi connectivity index (χ1n) is 5.50. The van der Waals surface area contributed by atoms with E-state index in [9.17, 15) is 18.0 Å². The lowest BCUT2D eigenvalue weighted by Gasteiger charge is -2.16. The van der Waals surface area contributed by atoms with Crippen LogP contribution in [0.2, 0.25) is 0 Å². The van der Waals surface area contributed by atoms with Crippen LogP contribution in [-0.4, -0.2) is 31.0 Å². The summed E-state index contributed by atoms with van der Waals surface area (Å²) in [6, 6.07) is 1.02. The average molecular weight is 340 g/mol. The zero-order valence-electron chi connectivity index (χ0n) is 10.2. The summed E-state index contributed by atoms with van der Waals surface area (Å²) in [6.45, 7) is 0.267. The van der Waals surface area contributed by atoms with Gasteiger partial charge in [-0.05, 0) is 18.6 Å². The van der Waals surface area contributed by atoms with Gasteiger partial charge in [0, 0.05) is 18.0 Å². The van der Waals surface area contributed by atoms with E-state index in [1.165, 1.54) is 7.11 Å². The van der Waals surface area contributed by atoms with Crippen molar-refractivity contribution in [3.8, 4) is 0 Å². The zero-order valence-corrected chi connectivity index (χ0v) is 11.8. The number of carbonyl (C=O) groups excluding carboxylic acids is 1. The number of halogens is 4. The number of benzene rings is 1. The van der Waals surface area contributed by atoms with Crippen LogP contribution < -0.4 is 5.32 Å². The SMILES string of the molecule is COCC(CCBr)NC(=O)c1cc(F)c(F)c(F)c1. The van der Waals surface area contributed by atoms with Gasteiger partial charge in [0.15, 0.2) is 17.5 Å². The van der Waals surface area contributed by atoms with Crippen LogP contribution in [0.3, 0.4) is 0 Å². The minimum Gasteiger partial charge on any atom is -0.383 e. The second-order valence-corrected chi connectivity index (χ2v) is 4.65. The molecule has 0 aromatic heterocycles. The van der Waals surface area contributed by atoms with E-state index in [4.69, 9.17) is 4.74 Å². The number of carbonyl (C=O) groups is 1. The lowest BCUT2D eigenvalue weighted by atomic mass is 10.1. The number of hydrogen-bond acceptors (Lipinski definition) is 2. The van der Waals surface area contributed by atoms with Crippen molar-refractivity contribution in [3.63, 3.8) is 0 Å². The molecule has 7 heteroatoms. The summed E-state index contributed by atoms with van der Waals surface area (Å²) >= 11 is 3.22. The second-order valence-electron chi connectivity index (χ2n) is 3.86. The summed E-state index contributed by atoms with van der Waals surface area (Å²) in [4.78, 5) is 11.8. The fraction of sp³-hybridized carbons (Fsp3) is 0.417. The molecule has 1 unspecified atom stereocenters. The molecule has 0 aliphatic carbocycles. The van der Waals surface area contributed by atoms with Crippen molar-refractivity contribution in [1.29, 1.82) is 0 Å². The molecule has 0 aliphatic rings. The number of ether oxygens (including phenoxy) is 1. The van der Waals surface area contributed by atoms with Crippen LogP contribution >= 0.6 is 15.9 Å². The topological polar surface area (TPSA) is 38.3 Å². The highest BCUT2D eigenvalue weighted by atomic mass is 79.9. The fourth-order valence-electron chi connectivity index (χ4n) is 1.49. The van der Waals surface area contributed by atoms with Crippen molar-refractivity contribution in [2.24, 2.45) is 0 Å². The number of amides is 1. The highest BCUT2D eigenvalue weighted by molar-refractivity contribution is 9.09. The maximum atomic E-state index is 13.0. The molecule has 0 saturated carbocycles. The van der Waals surface area contributed by atoms with Crippen LogP contribution in [0, 0.1) is 17.5 Å². The van der Waals surface area contributed by atoms with Gasteiger partial charge in [0.1, 0.15) is 0 Å². The highest BCUT2D eigenvalue weighted by Gasteiger charge is 2.17. The molecule has 0 bridgehead atoms. The van der Waals surface area contributed by atoms with Crippen LogP contribution in [0.25, 0.3) is 0 Å². The van der Waals surface area contributed by atoms with Gasteiger partial charge in [0.25, 0.3) is 5.91 Å². The summed E-state index contributed by atoms with van der Waals surface area (Å²) in [5.41, 5.74) is -0.271. The fourth-order valence-corrected chi connectivity index (χ4v) is 2.04. The minimum absolute atomic E-state index is 0.267. The molecule has 1 amide bonds. The third-order valence-electron chi connectivity index (χ3n) is 2.41. The quantitative estimate of drug-likeness (QED) is 0.639. The Hall–Kier alpha value is -1.08. The largest absolute Gasteiger partial charge is 0.383 e. The van der Waals surface area contributed by atoms with Crippen molar-refractivity contribution in [2.45, 2.75) is 12.5 Å². The second kappa shape index (κ2) is 7.49. The van der Waals surface area contributed by atoms with E-state index in [0.29, 0.717) is 23.9 Å². The number of rotatable bonds is 6. The Kier molecular flexibility index (Phi) is 6.30. The first kappa shape index (κ1) is 16.0. The molecule has 1 atom stereocenters. The van der Waals surface area contributed by atoms with Crippen molar-refractivity contribution >= 4 is 21.8 Å². The molecule has 0 saturated heterocycles. The van der Waals surface area contributed by atoms with Crippen molar-refractivity contribution in [2.75, 3.05) is 19.0 Å². The van der Waals surface area contributed by atoms with E-state index in [1.54, 1.807) is 0 Å². The Morgan fingerprint density at radius 3 is 2.42 bits per heavy atom. The molecule has 106 valence electrons. The van der Waals surface area contributed by atoms with Crippen molar-refractivity contribution in [3.05, 3.63) is 35.1 Å². The summed E-state index contributed by atoms with van der Waals surface area (Å²) in [5.74, 6) is -5.06. The first-order valence-corrected chi connectivity index (χ1v) is 6.62. The molecular formula is C12H13BrF3NO2. The van der Waals surface area contributed by atoms with Gasteiger partial charge in [-0.1, -0.05) is 15.9 Å². The van der Waals surface area contributed by atoms with E-state index in [0.717, 1.165) is 0 Å². The van der Waals surface area contributed by atoms with Gasteiger partial charge in [-0.2, -0.15) is 0 Å². The van der Waals surface area contributed by atoms with Crippen LogP contribution in [0.4, 0.5) is 13.2 Å². The van der Waals surface area contributed by atoms with Crippen LogP contribution in [0.5, 0.6) is 0 Å². The smallest absolute Gasteiger partial charge is 0.251 e. The molecule has 0 spiro atoms. The lowest BCUT2D eigenvalue weighted by molar-refractivity contribution is 0.0894. The van der Waals surface area contributed by atoms with Crippen molar-refractivity contribution in [1.82, 2.24) is 5.32 Å². The van der Waals surface area contributed by atoms with Crippen molar-refractivity contribution < 1.29 is 22.7 Å². The molecule has 1 aromatic rings. The molecule has 0 radical (unpaired) electrons. The number of hydrogen-bond donors (Lipinski definition) is 1. The van der Waals surface area contributed by atoms with Gasteiger partial charge in [-0.3, -0.25) is 4.79 Å². The Balaban J connectivity index is 2.82. The van der Waals surface area contributed by atoms with Gasteiger partial charge in [-0.15, -0.1) is 0 Å². The van der Waals surface area contributed by atoms with Gasteiger partial charge in [0.2, 0.25) is 0 Å². The van der Waals surface area contributed by atoms with E-state index < -0.39 is 23.4 Å². The summed E-state index contributed by atoms with van der Waals surface area (Å²) < 4.78 is 43.7. The number of alkyl halides is 1. The molecule has 0 heterocycles. The zero-order chi connectivity index (χ0) is 14.4. The third-order valence-corrected chi connectivity index (χ3v) is 2.86. The van der Waals surface area contributed by atoms with Crippen LogP contribution in [0.1, 0.15) is 16.8 Å². The predicted molar refractivity (Wildman–Crippen MR) is 67.9 cm³/mol. The molecule has 1 rings (SSSR count).